The van der Waals surface area contributed by atoms with Gasteiger partial charge in [-0.1, -0.05) is 0 Å². The fourth-order valence-electron chi connectivity index (χ4n) is 4.12. The number of anilines is 1. The van der Waals surface area contributed by atoms with Crippen LogP contribution in [0.2, 0.25) is 0 Å². The number of hydrogen-bond donors (Lipinski definition) is 0. The lowest BCUT2D eigenvalue weighted by atomic mass is 10.0. The van der Waals surface area contributed by atoms with Crippen molar-refractivity contribution in [3.8, 4) is 5.75 Å². The van der Waals surface area contributed by atoms with Crippen molar-refractivity contribution in [1.29, 1.82) is 0 Å². The molecule has 0 aromatic heterocycles. The summed E-state index contributed by atoms with van der Waals surface area (Å²) in [4.78, 5) is 7.91. The van der Waals surface area contributed by atoms with E-state index in [1.807, 2.05) is 0 Å². The van der Waals surface area contributed by atoms with Crippen molar-refractivity contribution in [2.45, 2.75) is 45.2 Å². The van der Waals surface area contributed by atoms with E-state index in [2.05, 4.69) is 52.8 Å². The van der Waals surface area contributed by atoms with Gasteiger partial charge in [0.15, 0.2) is 0 Å². The van der Waals surface area contributed by atoms with Crippen LogP contribution in [0.25, 0.3) is 0 Å². The minimum absolute atomic E-state index is 0.682. The van der Waals surface area contributed by atoms with E-state index in [4.69, 9.17) is 4.74 Å². The molecule has 0 radical (unpaired) electrons. The van der Waals surface area contributed by atoms with Crippen LogP contribution in [0.4, 0.5) is 5.69 Å². The normalized spacial score (nSPS) is 21.9. The van der Waals surface area contributed by atoms with E-state index < -0.39 is 0 Å². The molecule has 2 heterocycles. The summed E-state index contributed by atoms with van der Waals surface area (Å²) in [6, 6.07) is 9.96. The Morgan fingerprint density at radius 2 is 1.62 bits per heavy atom. The number of piperidine rings is 1. The van der Waals surface area contributed by atoms with Gasteiger partial charge >= 0.3 is 0 Å². The van der Waals surface area contributed by atoms with Crippen molar-refractivity contribution in [3.05, 3.63) is 24.3 Å². The fraction of sp³-hybridized carbons (Fsp3) is 0.700. The second-order valence-corrected chi connectivity index (χ2v) is 7.44. The molecular formula is C20H33N3O. The number of methoxy groups -OCH3 is 1. The molecule has 1 aromatic rings. The van der Waals surface area contributed by atoms with Gasteiger partial charge in [0.05, 0.1) is 7.11 Å². The standard InChI is InChI=1S/C20H33N3O/c1-17(2)21-11-4-12-22(16-15-21)19-9-13-23(14-10-19)18-5-7-20(24-3)8-6-18/h5-8,17,19H,4,9-16H2,1-3H3. The highest BCUT2D eigenvalue weighted by Gasteiger charge is 2.26. The lowest BCUT2D eigenvalue weighted by molar-refractivity contribution is 0.165. The zero-order valence-electron chi connectivity index (χ0n) is 15.6. The molecular weight excluding hydrogens is 298 g/mol. The average Bonchev–Trinajstić information content (AvgIpc) is 2.88. The summed E-state index contributed by atoms with van der Waals surface area (Å²) >= 11 is 0. The molecule has 0 saturated carbocycles. The molecule has 3 rings (SSSR count). The molecule has 4 heteroatoms. The van der Waals surface area contributed by atoms with E-state index in [-0.39, 0.29) is 0 Å². The Bertz CT molecular complexity index is 494. The number of nitrogens with zero attached hydrogens (tertiary/aromatic N) is 3. The molecule has 0 N–H and O–H groups in total. The van der Waals surface area contributed by atoms with Crippen LogP contribution in [-0.4, -0.2) is 68.3 Å². The number of ether oxygens (including phenoxy) is 1. The van der Waals surface area contributed by atoms with Gasteiger partial charge in [-0.25, -0.2) is 0 Å². The van der Waals surface area contributed by atoms with Crippen LogP contribution in [0.5, 0.6) is 5.75 Å². The number of rotatable bonds is 4. The van der Waals surface area contributed by atoms with Gasteiger partial charge in [-0.15, -0.1) is 0 Å². The summed E-state index contributed by atoms with van der Waals surface area (Å²) in [6.07, 6.45) is 3.89. The largest absolute Gasteiger partial charge is 0.497 e. The number of benzene rings is 1. The Labute approximate surface area is 147 Å². The quantitative estimate of drug-likeness (QED) is 0.844. The first-order valence-electron chi connectivity index (χ1n) is 9.54. The molecule has 1 aromatic carbocycles. The van der Waals surface area contributed by atoms with Crippen molar-refractivity contribution in [2.24, 2.45) is 0 Å². The fourth-order valence-corrected chi connectivity index (χ4v) is 4.12. The predicted octanol–water partition coefficient (Wildman–Crippen LogP) is 3.08. The van der Waals surface area contributed by atoms with Crippen molar-refractivity contribution in [2.75, 3.05) is 51.3 Å². The van der Waals surface area contributed by atoms with Crippen molar-refractivity contribution in [3.63, 3.8) is 0 Å². The molecule has 4 nitrogen and oxygen atoms in total. The molecule has 2 saturated heterocycles. The maximum absolute atomic E-state index is 5.26. The Morgan fingerprint density at radius 1 is 0.917 bits per heavy atom. The molecule has 0 amide bonds. The summed E-state index contributed by atoms with van der Waals surface area (Å²) in [5.41, 5.74) is 1.33. The Morgan fingerprint density at radius 3 is 2.25 bits per heavy atom. The Hall–Kier alpha value is -1.26. The van der Waals surface area contributed by atoms with Gasteiger partial charge in [0.2, 0.25) is 0 Å². The predicted molar refractivity (Wildman–Crippen MR) is 101 cm³/mol. The van der Waals surface area contributed by atoms with Crippen LogP contribution in [0.3, 0.4) is 0 Å². The minimum Gasteiger partial charge on any atom is -0.497 e. The smallest absolute Gasteiger partial charge is 0.119 e. The second kappa shape index (κ2) is 8.21. The molecule has 24 heavy (non-hydrogen) atoms. The van der Waals surface area contributed by atoms with E-state index in [1.165, 1.54) is 64.2 Å². The van der Waals surface area contributed by atoms with E-state index in [0.29, 0.717) is 6.04 Å². The van der Waals surface area contributed by atoms with E-state index in [1.54, 1.807) is 7.11 Å². The maximum Gasteiger partial charge on any atom is 0.119 e. The highest BCUT2D eigenvalue weighted by molar-refractivity contribution is 5.49. The zero-order chi connectivity index (χ0) is 16.9. The summed E-state index contributed by atoms with van der Waals surface area (Å²) in [7, 11) is 1.72. The molecule has 0 atom stereocenters. The second-order valence-electron chi connectivity index (χ2n) is 7.44. The van der Waals surface area contributed by atoms with Gasteiger partial charge < -0.3 is 9.64 Å². The van der Waals surface area contributed by atoms with Crippen LogP contribution in [0.15, 0.2) is 24.3 Å². The van der Waals surface area contributed by atoms with Crippen molar-refractivity contribution < 1.29 is 4.74 Å². The first-order chi connectivity index (χ1) is 11.7. The molecule has 0 aliphatic carbocycles. The summed E-state index contributed by atoms with van der Waals surface area (Å²) < 4.78 is 5.26. The lowest BCUT2D eigenvalue weighted by Crippen LogP contribution is -2.46. The molecule has 134 valence electrons. The number of hydrogen-bond acceptors (Lipinski definition) is 4. The van der Waals surface area contributed by atoms with Gasteiger partial charge in [0, 0.05) is 44.0 Å². The Balaban J connectivity index is 1.51. The molecule has 0 unspecified atom stereocenters. The lowest BCUT2D eigenvalue weighted by Gasteiger charge is -2.39. The average molecular weight is 332 g/mol. The Kier molecular flexibility index (Phi) is 6.01. The van der Waals surface area contributed by atoms with E-state index >= 15 is 0 Å². The molecule has 2 aliphatic rings. The van der Waals surface area contributed by atoms with Crippen LogP contribution in [0, 0.1) is 0 Å². The third-order valence-corrected chi connectivity index (χ3v) is 5.71. The van der Waals surface area contributed by atoms with Gasteiger partial charge in [0.25, 0.3) is 0 Å². The highest BCUT2D eigenvalue weighted by Crippen LogP contribution is 2.25. The maximum atomic E-state index is 5.26. The van der Waals surface area contributed by atoms with E-state index in [9.17, 15) is 0 Å². The van der Waals surface area contributed by atoms with Crippen LogP contribution in [0.1, 0.15) is 33.1 Å². The third kappa shape index (κ3) is 4.22. The summed E-state index contributed by atoms with van der Waals surface area (Å²) in [5.74, 6) is 0.938. The van der Waals surface area contributed by atoms with Crippen LogP contribution >= 0.6 is 0 Å². The zero-order valence-corrected chi connectivity index (χ0v) is 15.6. The SMILES string of the molecule is COc1ccc(N2CCC(N3CCCN(C(C)C)CC3)CC2)cc1. The third-order valence-electron chi connectivity index (χ3n) is 5.71. The van der Waals surface area contributed by atoms with Gasteiger partial charge in [-0.3, -0.25) is 9.80 Å². The highest BCUT2D eigenvalue weighted by atomic mass is 16.5. The molecule has 0 spiro atoms. The summed E-state index contributed by atoms with van der Waals surface area (Å²) in [5, 5.41) is 0. The minimum atomic E-state index is 0.682. The van der Waals surface area contributed by atoms with Crippen LogP contribution in [-0.2, 0) is 0 Å². The van der Waals surface area contributed by atoms with Crippen molar-refractivity contribution in [1.82, 2.24) is 9.80 Å². The topological polar surface area (TPSA) is 19.0 Å². The monoisotopic (exact) mass is 331 g/mol. The van der Waals surface area contributed by atoms with Gasteiger partial charge in [-0.2, -0.15) is 0 Å². The first kappa shape index (κ1) is 17.6. The summed E-state index contributed by atoms with van der Waals surface area (Å²) in [6.45, 7) is 12.0. The first-order valence-corrected chi connectivity index (χ1v) is 9.54. The van der Waals surface area contributed by atoms with Crippen molar-refractivity contribution >= 4 is 5.69 Å². The van der Waals surface area contributed by atoms with E-state index in [0.717, 1.165) is 11.8 Å². The van der Waals surface area contributed by atoms with Crippen LogP contribution < -0.4 is 9.64 Å². The molecule has 2 fully saturated rings. The molecule has 2 aliphatic heterocycles. The van der Waals surface area contributed by atoms with Gasteiger partial charge in [0.1, 0.15) is 5.75 Å². The van der Waals surface area contributed by atoms with Gasteiger partial charge in [-0.05, 0) is 70.5 Å². The molecule has 0 bridgehead atoms.